The molecule has 2 aromatic carbocycles. The van der Waals surface area contributed by atoms with Crippen LogP contribution in [-0.2, 0) is 11.2 Å². The third-order valence-corrected chi connectivity index (χ3v) is 4.01. The zero-order valence-electron chi connectivity index (χ0n) is 16.4. The van der Waals surface area contributed by atoms with Crippen molar-refractivity contribution >= 4 is 5.97 Å². The Morgan fingerprint density at radius 1 is 1.00 bits per heavy atom. The van der Waals surface area contributed by atoms with Gasteiger partial charge in [0, 0.05) is 5.56 Å². The second-order valence-corrected chi connectivity index (χ2v) is 7.37. The lowest BCUT2D eigenvalue weighted by Crippen LogP contribution is -2.22. The van der Waals surface area contributed by atoms with Gasteiger partial charge in [0.25, 0.3) is 0 Å². The zero-order valence-corrected chi connectivity index (χ0v) is 16.4. The van der Waals surface area contributed by atoms with E-state index in [-0.39, 0.29) is 12.0 Å². The van der Waals surface area contributed by atoms with E-state index in [0.717, 1.165) is 22.6 Å². The van der Waals surface area contributed by atoms with E-state index in [0.29, 0.717) is 17.0 Å². The van der Waals surface area contributed by atoms with Gasteiger partial charge in [0.15, 0.2) is 5.76 Å². The Kier molecular flexibility index (Phi) is 5.40. The van der Waals surface area contributed by atoms with Crippen molar-refractivity contribution in [1.82, 2.24) is 5.16 Å². The minimum absolute atomic E-state index is 0.251. The number of ether oxygens (including phenoxy) is 2. The largest absolute Gasteiger partial charge is 0.497 e. The quantitative estimate of drug-likeness (QED) is 0.659. The molecule has 0 bridgehead atoms. The number of carboxylic acids is 1. The van der Waals surface area contributed by atoms with Crippen LogP contribution in [0.2, 0.25) is 0 Å². The number of aliphatic carboxylic acids is 1. The molecule has 0 saturated carbocycles. The van der Waals surface area contributed by atoms with Gasteiger partial charge in [-0.05, 0) is 62.7 Å². The molecule has 0 aliphatic rings. The van der Waals surface area contributed by atoms with Gasteiger partial charge in [0.1, 0.15) is 29.2 Å². The number of nitrogens with zero attached hydrogens (tertiary/aromatic N) is 1. The fourth-order valence-corrected chi connectivity index (χ4v) is 2.87. The predicted molar refractivity (Wildman–Crippen MR) is 106 cm³/mol. The fourth-order valence-electron chi connectivity index (χ4n) is 2.87. The van der Waals surface area contributed by atoms with E-state index < -0.39 is 5.97 Å². The summed E-state index contributed by atoms with van der Waals surface area (Å²) >= 11 is 0. The minimum atomic E-state index is -0.980. The molecule has 0 amide bonds. The van der Waals surface area contributed by atoms with Crippen molar-refractivity contribution in [2.24, 2.45) is 0 Å². The summed E-state index contributed by atoms with van der Waals surface area (Å²) in [4.78, 5) is 11.3. The summed E-state index contributed by atoms with van der Waals surface area (Å²) in [7, 11) is 1.60. The molecule has 1 heterocycles. The van der Waals surface area contributed by atoms with E-state index in [4.69, 9.17) is 14.0 Å². The van der Waals surface area contributed by atoms with Crippen molar-refractivity contribution in [3.63, 3.8) is 0 Å². The fraction of sp³-hybridized carbons (Fsp3) is 0.273. The molecule has 6 heteroatoms. The van der Waals surface area contributed by atoms with E-state index in [1.54, 1.807) is 7.11 Å². The van der Waals surface area contributed by atoms with E-state index in [9.17, 15) is 9.90 Å². The lowest BCUT2D eigenvalue weighted by Gasteiger charge is -2.21. The number of aromatic nitrogens is 1. The summed E-state index contributed by atoms with van der Waals surface area (Å²) in [5, 5.41) is 13.4. The molecule has 1 aromatic heterocycles. The van der Waals surface area contributed by atoms with Crippen LogP contribution in [0.15, 0.2) is 53.1 Å². The monoisotopic (exact) mass is 381 g/mol. The summed E-state index contributed by atoms with van der Waals surface area (Å²) in [6.45, 7) is 5.94. The molecule has 0 radical (unpaired) electrons. The third-order valence-electron chi connectivity index (χ3n) is 4.01. The van der Waals surface area contributed by atoms with Gasteiger partial charge in [-0.2, -0.15) is 0 Å². The predicted octanol–water partition coefficient (Wildman–Crippen LogP) is 4.82. The average Bonchev–Trinajstić information content (AvgIpc) is 3.04. The summed E-state index contributed by atoms with van der Waals surface area (Å²) in [6.07, 6.45) is -0.251. The lowest BCUT2D eigenvalue weighted by molar-refractivity contribution is -0.136. The van der Waals surface area contributed by atoms with Crippen molar-refractivity contribution in [2.75, 3.05) is 7.11 Å². The van der Waals surface area contributed by atoms with Crippen molar-refractivity contribution in [3.05, 3.63) is 54.3 Å². The topological polar surface area (TPSA) is 81.8 Å². The standard InChI is InChI=1S/C22H23NO5/c1-22(2,3)27-17-11-5-14(6-12-17)20-18(13-19(24)25)28-23-21(20)15-7-9-16(26-4)10-8-15/h5-12H,13H2,1-4H3,(H,24,25). The molecular formula is C22H23NO5. The van der Waals surface area contributed by atoms with E-state index in [1.807, 2.05) is 69.3 Å². The second kappa shape index (κ2) is 7.76. The molecular weight excluding hydrogens is 358 g/mol. The molecule has 146 valence electrons. The molecule has 0 fully saturated rings. The molecule has 0 atom stereocenters. The Bertz CT molecular complexity index is 950. The van der Waals surface area contributed by atoms with Crippen LogP contribution in [0.1, 0.15) is 26.5 Å². The molecule has 28 heavy (non-hydrogen) atoms. The van der Waals surface area contributed by atoms with E-state index >= 15 is 0 Å². The van der Waals surface area contributed by atoms with Crippen molar-refractivity contribution < 1.29 is 23.9 Å². The highest BCUT2D eigenvalue weighted by Crippen LogP contribution is 2.36. The molecule has 3 aromatic rings. The maximum Gasteiger partial charge on any atom is 0.311 e. The molecule has 0 spiro atoms. The maximum absolute atomic E-state index is 11.3. The van der Waals surface area contributed by atoms with Crippen LogP contribution in [0.4, 0.5) is 0 Å². The number of carbonyl (C=O) groups is 1. The molecule has 0 unspecified atom stereocenters. The smallest absolute Gasteiger partial charge is 0.311 e. The zero-order chi connectivity index (χ0) is 20.3. The highest BCUT2D eigenvalue weighted by molar-refractivity contribution is 5.85. The summed E-state index contributed by atoms with van der Waals surface area (Å²) in [5.74, 6) is 0.788. The van der Waals surface area contributed by atoms with Crippen LogP contribution >= 0.6 is 0 Å². The van der Waals surface area contributed by atoms with Crippen molar-refractivity contribution in [1.29, 1.82) is 0 Å². The number of rotatable bonds is 6. The second-order valence-electron chi connectivity index (χ2n) is 7.37. The highest BCUT2D eigenvalue weighted by Gasteiger charge is 2.22. The third kappa shape index (κ3) is 4.52. The van der Waals surface area contributed by atoms with Gasteiger partial charge in [-0.1, -0.05) is 17.3 Å². The van der Waals surface area contributed by atoms with Crippen molar-refractivity contribution in [2.45, 2.75) is 32.8 Å². The van der Waals surface area contributed by atoms with Gasteiger partial charge < -0.3 is 19.1 Å². The first-order chi connectivity index (χ1) is 13.3. The van der Waals surface area contributed by atoms with Crippen LogP contribution in [0, 0.1) is 0 Å². The van der Waals surface area contributed by atoms with Crippen LogP contribution in [0.5, 0.6) is 11.5 Å². The van der Waals surface area contributed by atoms with Crippen LogP contribution in [0.25, 0.3) is 22.4 Å². The van der Waals surface area contributed by atoms with Gasteiger partial charge in [0.2, 0.25) is 0 Å². The molecule has 0 aliphatic heterocycles. The highest BCUT2D eigenvalue weighted by atomic mass is 16.5. The first-order valence-corrected chi connectivity index (χ1v) is 8.91. The number of methoxy groups -OCH3 is 1. The Balaban J connectivity index is 2.04. The Morgan fingerprint density at radius 2 is 1.57 bits per heavy atom. The minimum Gasteiger partial charge on any atom is -0.497 e. The maximum atomic E-state index is 11.3. The van der Waals surface area contributed by atoms with Gasteiger partial charge >= 0.3 is 5.97 Å². The molecule has 6 nitrogen and oxygen atoms in total. The summed E-state index contributed by atoms with van der Waals surface area (Å²) in [6, 6.07) is 14.9. The van der Waals surface area contributed by atoms with E-state index in [1.165, 1.54) is 0 Å². The molecule has 1 N–H and O–H groups in total. The van der Waals surface area contributed by atoms with Gasteiger partial charge in [0.05, 0.1) is 12.7 Å². The number of benzene rings is 2. The number of hydrogen-bond acceptors (Lipinski definition) is 5. The number of carboxylic acid groups (broad SMARTS) is 1. The summed E-state index contributed by atoms with van der Waals surface area (Å²) in [5.41, 5.74) is 2.57. The van der Waals surface area contributed by atoms with Gasteiger partial charge in [-0.3, -0.25) is 4.79 Å². The van der Waals surface area contributed by atoms with Crippen LogP contribution in [0.3, 0.4) is 0 Å². The van der Waals surface area contributed by atoms with Gasteiger partial charge in [-0.25, -0.2) is 0 Å². The average molecular weight is 381 g/mol. The first kappa shape index (κ1) is 19.5. The Morgan fingerprint density at radius 3 is 2.11 bits per heavy atom. The number of hydrogen-bond donors (Lipinski definition) is 1. The van der Waals surface area contributed by atoms with E-state index in [2.05, 4.69) is 5.16 Å². The Hall–Kier alpha value is -3.28. The van der Waals surface area contributed by atoms with Crippen LogP contribution < -0.4 is 9.47 Å². The first-order valence-electron chi connectivity index (χ1n) is 8.91. The van der Waals surface area contributed by atoms with Crippen molar-refractivity contribution in [3.8, 4) is 33.9 Å². The molecule has 3 rings (SSSR count). The molecule has 0 aliphatic carbocycles. The van der Waals surface area contributed by atoms with Gasteiger partial charge in [-0.15, -0.1) is 0 Å². The summed E-state index contributed by atoms with van der Waals surface area (Å²) < 4.78 is 16.4. The molecule has 0 saturated heterocycles. The Labute approximate surface area is 163 Å². The lowest BCUT2D eigenvalue weighted by atomic mass is 9.98. The normalized spacial score (nSPS) is 11.3. The SMILES string of the molecule is COc1ccc(-c2noc(CC(=O)O)c2-c2ccc(OC(C)(C)C)cc2)cc1. The van der Waals surface area contributed by atoms with Crippen LogP contribution in [-0.4, -0.2) is 28.9 Å².